The number of nitrogens with zero attached hydrogens (tertiary/aromatic N) is 1. The maximum absolute atomic E-state index is 12.1. The molecule has 1 aromatic heterocycles. The number of aromatic hydroxyl groups is 1. The van der Waals surface area contributed by atoms with Gasteiger partial charge in [0, 0.05) is 28.1 Å². The predicted octanol–water partition coefficient (Wildman–Crippen LogP) is 5.88. The normalized spacial score (nSPS) is 12.1. The zero-order chi connectivity index (χ0) is 22.5. The van der Waals surface area contributed by atoms with E-state index < -0.39 is 0 Å². The molecule has 0 aliphatic rings. The highest BCUT2D eigenvalue weighted by molar-refractivity contribution is 7.99. The second kappa shape index (κ2) is 9.86. The second-order valence-electron chi connectivity index (χ2n) is 9.87. The molecule has 1 aromatic carbocycles. The van der Waals surface area contributed by atoms with Gasteiger partial charge >= 0.3 is 0 Å². The summed E-state index contributed by atoms with van der Waals surface area (Å²) >= 11 is 1.74. The molecule has 0 fully saturated rings. The van der Waals surface area contributed by atoms with Gasteiger partial charge < -0.3 is 10.4 Å². The van der Waals surface area contributed by atoms with E-state index in [1.807, 2.05) is 25.1 Å². The number of phenols is 1. The van der Waals surface area contributed by atoms with Crippen LogP contribution in [0.1, 0.15) is 76.9 Å². The van der Waals surface area contributed by atoms with E-state index in [-0.39, 0.29) is 16.7 Å². The molecule has 1 amide bonds. The summed E-state index contributed by atoms with van der Waals surface area (Å²) in [7, 11) is 0. The molecule has 0 saturated carbocycles. The summed E-state index contributed by atoms with van der Waals surface area (Å²) in [6.07, 6.45) is 1.30. The van der Waals surface area contributed by atoms with E-state index in [0.29, 0.717) is 18.7 Å². The second-order valence-corrected chi connectivity index (χ2v) is 11.0. The largest absolute Gasteiger partial charge is 0.507 e. The molecule has 0 radical (unpaired) electrons. The lowest BCUT2D eigenvalue weighted by atomic mass is 9.79. The number of phenolic OH excluding ortho intramolecular Hbond substituents is 1. The summed E-state index contributed by atoms with van der Waals surface area (Å²) in [5.41, 5.74) is 3.51. The van der Waals surface area contributed by atoms with Gasteiger partial charge in [-0.05, 0) is 54.2 Å². The third kappa shape index (κ3) is 7.05. The Morgan fingerprint density at radius 2 is 1.67 bits per heavy atom. The molecule has 2 aromatic rings. The highest BCUT2D eigenvalue weighted by atomic mass is 32.2. The third-order valence-corrected chi connectivity index (χ3v) is 5.99. The number of nitrogens with one attached hydrogen (secondary N) is 1. The lowest BCUT2D eigenvalue weighted by molar-refractivity contribution is -0.121. The number of carbonyl (C=O) groups is 1. The van der Waals surface area contributed by atoms with Crippen LogP contribution < -0.4 is 5.32 Å². The van der Waals surface area contributed by atoms with Crippen LogP contribution in [0.3, 0.4) is 0 Å². The van der Waals surface area contributed by atoms with Gasteiger partial charge in [-0.15, -0.1) is 11.8 Å². The Morgan fingerprint density at radius 3 is 2.20 bits per heavy atom. The fourth-order valence-corrected chi connectivity index (χ4v) is 4.16. The summed E-state index contributed by atoms with van der Waals surface area (Å²) < 4.78 is 0. The fourth-order valence-electron chi connectivity index (χ4n) is 3.23. The fraction of sp³-hybridized carbons (Fsp3) is 0.520. The minimum Gasteiger partial charge on any atom is -0.507 e. The molecule has 0 atom stereocenters. The quantitative estimate of drug-likeness (QED) is 0.427. The van der Waals surface area contributed by atoms with Crippen LogP contribution >= 0.6 is 11.8 Å². The Morgan fingerprint density at radius 1 is 1.07 bits per heavy atom. The van der Waals surface area contributed by atoms with Crippen molar-refractivity contribution in [2.24, 2.45) is 0 Å². The Kier molecular flexibility index (Phi) is 7.98. The van der Waals surface area contributed by atoms with E-state index in [0.717, 1.165) is 39.6 Å². The highest BCUT2D eigenvalue weighted by Gasteiger charge is 2.26. The molecule has 0 aliphatic carbocycles. The van der Waals surface area contributed by atoms with Gasteiger partial charge in [0.05, 0.1) is 12.2 Å². The van der Waals surface area contributed by atoms with Gasteiger partial charge in [0.25, 0.3) is 0 Å². The molecular weight excluding hydrogens is 392 g/mol. The first-order valence-electron chi connectivity index (χ1n) is 10.6. The van der Waals surface area contributed by atoms with E-state index in [2.05, 4.69) is 64.0 Å². The average molecular weight is 429 g/mol. The number of hydrogen-bond donors (Lipinski definition) is 2. The van der Waals surface area contributed by atoms with Crippen molar-refractivity contribution < 1.29 is 9.90 Å². The van der Waals surface area contributed by atoms with Crippen LogP contribution in [-0.2, 0) is 22.2 Å². The van der Waals surface area contributed by atoms with Crippen LogP contribution in [0.4, 0.5) is 0 Å². The van der Waals surface area contributed by atoms with Gasteiger partial charge in [-0.3, -0.25) is 9.78 Å². The summed E-state index contributed by atoms with van der Waals surface area (Å²) in [5.74, 6) is 1.31. The van der Waals surface area contributed by atoms with E-state index in [1.165, 1.54) is 0 Å². The lowest BCUT2D eigenvalue weighted by Gasteiger charge is -2.28. The Hall–Kier alpha value is -2.01. The molecule has 4 nitrogen and oxygen atoms in total. The maximum atomic E-state index is 12.1. The zero-order valence-electron chi connectivity index (χ0n) is 19.4. The van der Waals surface area contributed by atoms with Crippen LogP contribution in [0, 0.1) is 6.92 Å². The summed E-state index contributed by atoms with van der Waals surface area (Å²) in [6.45, 7) is 15.1. The average Bonchev–Trinajstić information content (AvgIpc) is 2.62. The van der Waals surface area contributed by atoms with Crippen molar-refractivity contribution in [3.05, 3.63) is 52.8 Å². The molecular formula is C25H36N2O2S. The number of amides is 1. The van der Waals surface area contributed by atoms with Crippen molar-refractivity contribution in [3.63, 3.8) is 0 Å². The van der Waals surface area contributed by atoms with Gasteiger partial charge in [-0.1, -0.05) is 47.6 Å². The predicted molar refractivity (Wildman–Crippen MR) is 126 cm³/mol. The Labute approximate surface area is 185 Å². The molecule has 1 heterocycles. The molecule has 2 N–H and O–H groups in total. The van der Waals surface area contributed by atoms with Crippen LogP contribution in [0.5, 0.6) is 5.75 Å². The number of thioether (sulfide) groups is 1. The molecule has 0 spiro atoms. The Balaban J connectivity index is 1.93. The van der Waals surface area contributed by atoms with Crippen molar-refractivity contribution in [3.8, 4) is 5.75 Å². The van der Waals surface area contributed by atoms with E-state index in [9.17, 15) is 9.90 Å². The molecule has 0 unspecified atom stereocenters. The van der Waals surface area contributed by atoms with Crippen molar-refractivity contribution in [1.82, 2.24) is 10.3 Å². The lowest BCUT2D eigenvalue weighted by Crippen LogP contribution is -2.23. The SMILES string of the molecule is Cc1cccc(CNC(=O)CCCSc2cc(C(C)(C)C)c(O)c(C(C)(C)C)c2)n1. The van der Waals surface area contributed by atoms with Crippen molar-refractivity contribution in [2.45, 2.75) is 83.6 Å². The van der Waals surface area contributed by atoms with Gasteiger partial charge in [0.1, 0.15) is 5.75 Å². The van der Waals surface area contributed by atoms with Crippen LogP contribution in [0.15, 0.2) is 35.2 Å². The molecule has 0 bridgehead atoms. The smallest absolute Gasteiger partial charge is 0.220 e. The first-order chi connectivity index (χ1) is 13.9. The first kappa shape index (κ1) is 24.3. The topological polar surface area (TPSA) is 62.2 Å². The number of carbonyl (C=O) groups excluding carboxylic acids is 1. The molecule has 2 rings (SSSR count). The number of rotatable bonds is 7. The molecule has 30 heavy (non-hydrogen) atoms. The number of aromatic nitrogens is 1. The zero-order valence-corrected chi connectivity index (χ0v) is 20.2. The van der Waals surface area contributed by atoms with Crippen molar-refractivity contribution in [2.75, 3.05) is 5.75 Å². The third-order valence-electron chi connectivity index (χ3n) is 4.93. The van der Waals surface area contributed by atoms with Gasteiger partial charge in [-0.2, -0.15) is 0 Å². The van der Waals surface area contributed by atoms with Crippen molar-refractivity contribution >= 4 is 17.7 Å². The number of hydrogen-bond acceptors (Lipinski definition) is 4. The maximum Gasteiger partial charge on any atom is 0.220 e. The standard InChI is InChI=1S/C25H36N2O2S/c1-17-10-8-11-18(27-17)16-26-22(28)12-9-13-30-19-14-20(24(2,3)4)23(29)21(15-19)25(5,6)7/h8,10-11,14-15,29H,9,12-13,16H2,1-7H3,(H,26,28). The van der Waals surface area contributed by atoms with Gasteiger partial charge in [0.2, 0.25) is 5.91 Å². The van der Waals surface area contributed by atoms with E-state index in [4.69, 9.17) is 0 Å². The van der Waals surface area contributed by atoms with E-state index in [1.54, 1.807) is 11.8 Å². The number of aryl methyl sites for hydroxylation is 1. The minimum atomic E-state index is -0.135. The van der Waals surface area contributed by atoms with Crippen LogP contribution in [0.2, 0.25) is 0 Å². The number of pyridine rings is 1. The van der Waals surface area contributed by atoms with Crippen molar-refractivity contribution in [1.29, 1.82) is 0 Å². The van der Waals surface area contributed by atoms with Crippen LogP contribution in [0.25, 0.3) is 0 Å². The highest BCUT2D eigenvalue weighted by Crippen LogP contribution is 2.41. The molecule has 0 aliphatic heterocycles. The monoisotopic (exact) mass is 428 g/mol. The van der Waals surface area contributed by atoms with Gasteiger partial charge in [-0.25, -0.2) is 0 Å². The van der Waals surface area contributed by atoms with E-state index >= 15 is 0 Å². The minimum absolute atomic E-state index is 0.0513. The Bertz CT molecular complexity index is 844. The van der Waals surface area contributed by atoms with Crippen LogP contribution in [-0.4, -0.2) is 21.8 Å². The summed E-state index contributed by atoms with van der Waals surface area (Å²) in [5, 5.41) is 13.8. The van der Waals surface area contributed by atoms with Gasteiger partial charge in [0.15, 0.2) is 0 Å². The molecule has 5 heteroatoms. The molecule has 0 saturated heterocycles. The number of benzene rings is 1. The first-order valence-corrected chi connectivity index (χ1v) is 11.6. The summed E-state index contributed by atoms with van der Waals surface area (Å²) in [6, 6.07) is 10.0. The summed E-state index contributed by atoms with van der Waals surface area (Å²) in [4.78, 5) is 17.7. The molecule has 164 valence electrons.